The molecule has 0 aliphatic heterocycles. The number of fused-ring (bicyclic) bond motifs is 1. The summed E-state index contributed by atoms with van der Waals surface area (Å²) in [6.07, 6.45) is -0.909. The monoisotopic (exact) mass is 402 g/mol. The number of ether oxygens (including phenoxy) is 1. The van der Waals surface area contributed by atoms with E-state index in [4.69, 9.17) is 10.5 Å². The van der Waals surface area contributed by atoms with Crippen molar-refractivity contribution in [1.29, 1.82) is 0 Å². The van der Waals surface area contributed by atoms with E-state index in [1.807, 2.05) is 31.2 Å². The lowest BCUT2D eigenvalue weighted by molar-refractivity contribution is 0.0938. The molecule has 0 fully saturated rings. The van der Waals surface area contributed by atoms with Crippen LogP contribution >= 0.6 is 0 Å². The van der Waals surface area contributed by atoms with Crippen molar-refractivity contribution >= 4 is 17.1 Å². The van der Waals surface area contributed by atoms with E-state index in [0.717, 1.165) is 10.1 Å². The molecule has 156 valence electrons. The molecule has 0 radical (unpaired) electrons. The number of aliphatic hydroxyl groups is 1. The maximum atomic E-state index is 12.7. The topological polar surface area (TPSA) is 129 Å². The van der Waals surface area contributed by atoms with Crippen molar-refractivity contribution < 1.29 is 9.84 Å². The normalized spacial score (nSPS) is 12.3. The van der Waals surface area contributed by atoms with E-state index in [9.17, 15) is 14.7 Å². The van der Waals surface area contributed by atoms with Crippen LogP contribution in [0.4, 0.5) is 5.95 Å². The van der Waals surface area contributed by atoms with Crippen molar-refractivity contribution in [2.75, 3.05) is 25.0 Å². The Kier molecular flexibility index (Phi) is 6.04. The Hall–Kier alpha value is -3.11. The molecule has 10 heteroatoms. The van der Waals surface area contributed by atoms with Gasteiger partial charge in [-0.25, -0.2) is 4.79 Å². The Morgan fingerprint density at radius 2 is 2.03 bits per heavy atom. The van der Waals surface area contributed by atoms with Gasteiger partial charge in [0.15, 0.2) is 11.2 Å². The van der Waals surface area contributed by atoms with Crippen LogP contribution < -0.4 is 27.0 Å². The molecular weight excluding hydrogens is 376 g/mol. The average Bonchev–Trinajstić information content (AvgIpc) is 3.06. The van der Waals surface area contributed by atoms with Crippen molar-refractivity contribution in [3.05, 3.63) is 50.7 Å². The molecule has 0 aliphatic rings. The molecule has 1 atom stereocenters. The number of aromatic nitrogens is 4. The summed E-state index contributed by atoms with van der Waals surface area (Å²) in [5.74, 6) is 1.01. The molecule has 0 bridgehead atoms. The van der Waals surface area contributed by atoms with Gasteiger partial charge in [-0.05, 0) is 24.6 Å². The molecule has 2 heterocycles. The third-order valence-corrected chi connectivity index (χ3v) is 4.60. The molecule has 10 nitrogen and oxygen atoms in total. The number of hydrogen-bond donors (Lipinski definition) is 3. The van der Waals surface area contributed by atoms with Crippen LogP contribution in [0.1, 0.15) is 5.56 Å². The number of aryl methyl sites for hydroxylation is 2. The molecule has 29 heavy (non-hydrogen) atoms. The van der Waals surface area contributed by atoms with Gasteiger partial charge in [0.05, 0.1) is 6.54 Å². The fourth-order valence-electron chi connectivity index (χ4n) is 3.10. The minimum atomic E-state index is -0.909. The van der Waals surface area contributed by atoms with Gasteiger partial charge in [0.1, 0.15) is 18.5 Å². The van der Waals surface area contributed by atoms with Crippen molar-refractivity contribution in [2.24, 2.45) is 19.8 Å². The van der Waals surface area contributed by atoms with Crippen molar-refractivity contribution in [1.82, 2.24) is 18.7 Å². The number of imidazole rings is 1. The highest BCUT2D eigenvalue weighted by Crippen LogP contribution is 2.17. The van der Waals surface area contributed by atoms with E-state index >= 15 is 0 Å². The van der Waals surface area contributed by atoms with Crippen molar-refractivity contribution in [3.63, 3.8) is 0 Å². The second kappa shape index (κ2) is 8.50. The van der Waals surface area contributed by atoms with Gasteiger partial charge in [-0.1, -0.05) is 12.1 Å². The highest BCUT2D eigenvalue weighted by Gasteiger charge is 2.21. The zero-order valence-electron chi connectivity index (χ0n) is 16.8. The van der Waals surface area contributed by atoms with Gasteiger partial charge >= 0.3 is 5.69 Å². The van der Waals surface area contributed by atoms with E-state index in [0.29, 0.717) is 24.8 Å². The Morgan fingerprint density at radius 3 is 2.72 bits per heavy atom. The Bertz CT molecular complexity index is 1130. The molecule has 1 aromatic carbocycles. The van der Waals surface area contributed by atoms with Crippen LogP contribution in [0.5, 0.6) is 5.75 Å². The fourth-order valence-corrected chi connectivity index (χ4v) is 3.10. The van der Waals surface area contributed by atoms with Crippen LogP contribution in [0.15, 0.2) is 33.9 Å². The van der Waals surface area contributed by atoms with Crippen LogP contribution in [0, 0.1) is 6.92 Å². The quantitative estimate of drug-likeness (QED) is 0.465. The third-order valence-electron chi connectivity index (χ3n) is 4.60. The number of hydrogen-bond acceptors (Lipinski definition) is 7. The summed E-state index contributed by atoms with van der Waals surface area (Å²) < 4.78 is 9.55. The summed E-state index contributed by atoms with van der Waals surface area (Å²) in [5.41, 5.74) is 6.13. The molecule has 4 N–H and O–H groups in total. The molecule has 1 unspecified atom stereocenters. The zero-order chi connectivity index (χ0) is 21.1. The van der Waals surface area contributed by atoms with Crippen LogP contribution in [-0.2, 0) is 20.6 Å². The summed E-state index contributed by atoms with van der Waals surface area (Å²) in [6.45, 7) is 2.83. The lowest BCUT2D eigenvalue weighted by atomic mass is 10.2. The minimum Gasteiger partial charge on any atom is -0.491 e. The molecule has 0 saturated heterocycles. The number of aliphatic hydroxyl groups excluding tert-OH is 1. The third kappa shape index (κ3) is 4.17. The van der Waals surface area contributed by atoms with Crippen molar-refractivity contribution in [3.8, 4) is 5.75 Å². The van der Waals surface area contributed by atoms with E-state index < -0.39 is 17.4 Å². The van der Waals surface area contributed by atoms with Gasteiger partial charge in [0.25, 0.3) is 5.56 Å². The van der Waals surface area contributed by atoms with Gasteiger partial charge in [0.2, 0.25) is 5.95 Å². The highest BCUT2D eigenvalue weighted by molar-refractivity contribution is 5.74. The number of nitrogens with two attached hydrogens (primary N) is 1. The average molecular weight is 402 g/mol. The van der Waals surface area contributed by atoms with Crippen molar-refractivity contribution in [2.45, 2.75) is 19.6 Å². The highest BCUT2D eigenvalue weighted by atomic mass is 16.5. The molecule has 0 spiro atoms. The Labute approximate surface area is 167 Å². The molecule has 0 saturated carbocycles. The van der Waals surface area contributed by atoms with E-state index in [1.54, 1.807) is 11.6 Å². The maximum absolute atomic E-state index is 12.7. The van der Waals surface area contributed by atoms with Crippen LogP contribution in [0.25, 0.3) is 11.2 Å². The molecule has 0 amide bonds. The smallest absolute Gasteiger partial charge is 0.332 e. The molecule has 2 aromatic heterocycles. The first-order valence-corrected chi connectivity index (χ1v) is 9.31. The summed E-state index contributed by atoms with van der Waals surface area (Å²) in [6, 6.07) is 7.51. The first-order valence-electron chi connectivity index (χ1n) is 9.31. The van der Waals surface area contributed by atoms with E-state index in [-0.39, 0.29) is 24.3 Å². The maximum Gasteiger partial charge on any atom is 0.332 e. The summed E-state index contributed by atoms with van der Waals surface area (Å²) >= 11 is 0. The SMILES string of the molecule is Cc1cccc(OCC(O)Cn2c(NCCN)nc3c2c(=O)n(C)c(=O)n3C)c1. The van der Waals surface area contributed by atoms with Gasteiger partial charge in [-0.2, -0.15) is 4.98 Å². The molecule has 3 rings (SSSR count). The number of nitrogens with zero attached hydrogens (tertiary/aromatic N) is 4. The van der Waals surface area contributed by atoms with E-state index in [2.05, 4.69) is 10.3 Å². The second-order valence-corrected chi connectivity index (χ2v) is 6.92. The zero-order valence-corrected chi connectivity index (χ0v) is 16.8. The van der Waals surface area contributed by atoms with Gasteiger partial charge in [-0.15, -0.1) is 0 Å². The van der Waals surface area contributed by atoms with Crippen LogP contribution in [-0.4, -0.2) is 49.6 Å². The number of anilines is 1. The Morgan fingerprint density at radius 1 is 1.28 bits per heavy atom. The number of benzene rings is 1. The van der Waals surface area contributed by atoms with Gasteiger partial charge < -0.3 is 25.5 Å². The second-order valence-electron chi connectivity index (χ2n) is 6.92. The largest absolute Gasteiger partial charge is 0.491 e. The summed E-state index contributed by atoms with van der Waals surface area (Å²) in [5, 5.41) is 13.6. The van der Waals surface area contributed by atoms with Gasteiger partial charge in [-0.3, -0.25) is 13.9 Å². The minimum absolute atomic E-state index is 0.0333. The predicted molar refractivity (Wildman–Crippen MR) is 110 cm³/mol. The first kappa shape index (κ1) is 20.6. The summed E-state index contributed by atoms with van der Waals surface area (Å²) in [7, 11) is 2.96. The number of rotatable bonds is 8. The fraction of sp³-hybridized carbons (Fsp3) is 0.421. The number of nitrogens with one attached hydrogen (secondary N) is 1. The van der Waals surface area contributed by atoms with Crippen LogP contribution in [0.3, 0.4) is 0 Å². The molecule has 3 aromatic rings. The predicted octanol–water partition coefficient (Wildman–Crippen LogP) is -0.447. The standard InChI is InChI=1S/C19H26N6O4/c1-12-5-4-6-14(9-12)29-11-13(26)10-25-15-16(22-18(25)21-8-7-20)23(2)19(28)24(3)17(15)27/h4-6,9,13,26H,7-8,10-11,20H2,1-3H3,(H,21,22). The summed E-state index contributed by atoms with van der Waals surface area (Å²) in [4.78, 5) is 29.3. The van der Waals surface area contributed by atoms with Gasteiger partial charge in [0, 0.05) is 27.2 Å². The lowest BCUT2D eigenvalue weighted by Gasteiger charge is -2.16. The van der Waals surface area contributed by atoms with Crippen LogP contribution in [0.2, 0.25) is 0 Å². The Balaban J connectivity index is 1.93. The molecule has 0 aliphatic carbocycles. The molecular formula is C19H26N6O4. The lowest BCUT2D eigenvalue weighted by Crippen LogP contribution is -2.38. The first-order chi connectivity index (χ1) is 13.8. The van der Waals surface area contributed by atoms with E-state index in [1.165, 1.54) is 11.6 Å².